The second-order valence-corrected chi connectivity index (χ2v) is 10.4. The van der Waals surface area contributed by atoms with E-state index in [2.05, 4.69) is 19.2 Å². The Morgan fingerprint density at radius 2 is 1.62 bits per heavy atom. The van der Waals surface area contributed by atoms with Crippen molar-refractivity contribution in [3.63, 3.8) is 0 Å². The van der Waals surface area contributed by atoms with Crippen LogP contribution in [0.5, 0.6) is 5.75 Å². The van der Waals surface area contributed by atoms with E-state index in [1.807, 2.05) is 48.5 Å². The molecule has 1 aliphatic heterocycles. The highest BCUT2D eigenvalue weighted by Gasteiger charge is 2.35. The molecule has 2 atom stereocenters. The molecule has 1 saturated heterocycles. The van der Waals surface area contributed by atoms with Gasteiger partial charge in [0.05, 0.1) is 18.4 Å². The van der Waals surface area contributed by atoms with Gasteiger partial charge in [-0.25, -0.2) is 0 Å². The van der Waals surface area contributed by atoms with Crippen LogP contribution in [-0.2, 0) is 14.3 Å². The first-order valence-corrected chi connectivity index (χ1v) is 13.0. The summed E-state index contributed by atoms with van der Waals surface area (Å²) >= 11 is 0. The van der Waals surface area contributed by atoms with Crippen LogP contribution in [0.1, 0.15) is 57.9 Å². The van der Waals surface area contributed by atoms with Crippen molar-refractivity contribution in [3.8, 4) is 16.9 Å². The molecule has 7 nitrogen and oxygen atoms in total. The van der Waals surface area contributed by atoms with E-state index >= 15 is 0 Å². The lowest BCUT2D eigenvalue weighted by Gasteiger charge is -2.30. The molecule has 4 N–H and O–H groups in total. The average Bonchev–Trinajstić information content (AvgIpc) is 3.22. The maximum absolute atomic E-state index is 12.5. The van der Waals surface area contributed by atoms with Crippen molar-refractivity contribution in [2.45, 2.75) is 64.5 Å². The fraction of sp³-hybridized carbons (Fsp3) is 0.483. The number of esters is 1. The topological polar surface area (TPSA) is 114 Å². The largest absolute Gasteiger partial charge is 0.491 e. The molecule has 2 fully saturated rings. The first-order valence-electron chi connectivity index (χ1n) is 13.0. The summed E-state index contributed by atoms with van der Waals surface area (Å²) in [6.07, 6.45) is 4.73. The summed E-state index contributed by atoms with van der Waals surface area (Å²) in [6.45, 7) is 4.85. The molecule has 1 saturated carbocycles. The van der Waals surface area contributed by atoms with Gasteiger partial charge < -0.3 is 20.5 Å². The Balaban J connectivity index is 0.00000380. The molecule has 4 rings (SSSR count). The zero-order valence-electron chi connectivity index (χ0n) is 21.6. The molecule has 0 radical (unpaired) electrons. The van der Waals surface area contributed by atoms with Crippen molar-refractivity contribution in [1.82, 2.24) is 5.32 Å². The van der Waals surface area contributed by atoms with E-state index in [0.717, 1.165) is 42.7 Å². The number of carbonyl (C=O) groups excluding carboxylic acids is 2. The number of nitrogen functional groups attached to an aromatic ring is 1. The molecule has 0 spiro atoms. The predicted molar refractivity (Wildman–Crippen MR) is 147 cm³/mol. The van der Waals surface area contributed by atoms with Crippen LogP contribution < -0.4 is 15.8 Å². The quantitative estimate of drug-likeness (QED) is 0.239. The summed E-state index contributed by atoms with van der Waals surface area (Å²) in [7, 11) is 0. The molecule has 2 aromatic rings. The number of amidine groups is 1. The van der Waals surface area contributed by atoms with Crippen molar-refractivity contribution < 1.29 is 19.1 Å². The van der Waals surface area contributed by atoms with Crippen LogP contribution in [0.25, 0.3) is 11.1 Å². The van der Waals surface area contributed by atoms with Gasteiger partial charge in [-0.15, -0.1) is 12.4 Å². The third-order valence-corrected chi connectivity index (χ3v) is 7.49. The van der Waals surface area contributed by atoms with Gasteiger partial charge in [0.15, 0.2) is 0 Å². The highest BCUT2D eigenvalue weighted by Crippen LogP contribution is 2.32. The number of nitrogens with one attached hydrogen (secondary N) is 2. The van der Waals surface area contributed by atoms with Gasteiger partial charge >= 0.3 is 5.97 Å². The van der Waals surface area contributed by atoms with Gasteiger partial charge in [-0.1, -0.05) is 50.2 Å². The number of hydrogen-bond donors (Lipinski definition) is 3. The molecule has 2 aliphatic rings. The molecule has 8 heteroatoms. The minimum Gasteiger partial charge on any atom is -0.491 e. The first-order chi connectivity index (χ1) is 17.3. The fourth-order valence-corrected chi connectivity index (χ4v) is 5.21. The van der Waals surface area contributed by atoms with E-state index in [1.165, 1.54) is 0 Å². The molecular weight excluding hydrogens is 490 g/mol. The Morgan fingerprint density at radius 3 is 2.19 bits per heavy atom. The van der Waals surface area contributed by atoms with Crippen LogP contribution in [0.2, 0.25) is 0 Å². The van der Waals surface area contributed by atoms with Gasteiger partial charge in [-0.05, 0) is 67.2 Å². The second-order valence-electron chi connectivity index (χ2n) is 10.4. The highest BCUT2D eigenvalue weighted by molar-refractivity contribution is 5.95. The monoisotopic (exact) mass is 527 g/mol. The molecule has 1 aliphatic carbocycles. The lowest BCUT2D eigenvalue weighted by atomic mass is 9.80. The smallest absolute Gasteiger partial charge is 0.306 e. The standard InChI is InChI=1S/C29H37N3O4.ClH/c1-18(2)19-7-13-26(14-8-19)36-27(33)16-23-15-24(32-29(23)34)17-35-25-11-9-21(10-12-25)20-3-5-22(6-4-20)28(30)31;/h3-6,9-12,18-19,23-24,26H,7-8,13-17H2,1-2H3,(H3,30,31)(H,32,34);1H/t19?,23-,24-,26?;/m0./s1. The van der Waals surface area contributed by atoms with Crippen molar-refractivity contribution in [2.24, 2.45) is 23.5 Å². The average molecular weight is 528 g/mol. The molecular formula is C29H38ClN3O4. The fourth-order valence-electron chi connectivity index (χ4n) is 5.21. The number of carbonyl (C=O) groups is 2. The molecule has 37 heavy (non-hydrogen) atoms. The SMILES string of the molecule is CC(C)C1CCC(OC(=O)C[C@@H]2C[C@@H](COc3ccc(-c4ccc(C(=N)N)cc4)cc3)NC2=O)CC1.Cl. The van der Waals surface area contributed by atoms with E-state index in [0.29, 0.717) is 30.3 Å². The number of hydrogen-bond acceptors (Lipinski definition) is 5. The third-order valence-electron chi connectivity index (χ3n) is 7.49. The maximum atomic E-state index is 12.5. The Labute approximate surface area is 225 Å². The van der Waals surface area contributed by atoms with Gasteiger partial charge in [0, 0.05) is 5.56 Å². The second kappa shape index (κ2) is 13.0. The van der Waals surface area contributed by atoms with E-state index in [1.54, 1.807) is 0 Å². The lowest BCUT2D eigenvalue weighted by molar-refractivity contribution is -0.153. The summed E-state index contributed by atoms with van der Waals surface area (Å²) in [4.78, 5) is 24.9. The van der Waals surface area contributed by atoms with Crippen LogP contribution in [-0.4, -0.2) is 36.5 Å². The van der Waals surface area contributed by atoms with Gasteiger partial charge in [0.1, 0.15) is 24.3 Å². The maximum Gasteiger partial charge on any atom is 0.306 e. The van der Waals surface area contributed by atoms with Crippen LogP contribution >= 0.6 is 12.4 Å². The Morgan fingerprint density at radius 1 is 1.03 bits per heavy atom. The van der Waals surface area contributed by atoms with E-state index in [4.69, 9.17) is 20.6 Å². The number of amides is 1. The van der Waals surface area contributed by atoms with Gasteiger partial charge in [-0.2, -0.15) is 0 Å². The summed E-state index contributed by atoms with van der Waals surface area (Å²) in [6, 6.07) is 15.1. The number of rotatable bonds is 9. The van der Waals surface area contributed by atoms with E-state index in [9.17, 15) is 9.59 Å². The summed E-state index contributed by atoms with van der Waals surface area (Å²) in [5, 5.41) is 10.4. The van der Waals surface area contributed by atoms with Crippen molar-refractivity contribution >= 4 is 30.1 Å². The Bertz CT molecular complexity index is 1060. The van der Waals surface area contributed by atoms with Gasteiger partial charge in [0.25, 0.3) is 0 Å². The van der Waals surface area contributed by atoms with Crippen molar-refractivity contribution in [3.05, 3.63) is 54.1 Å². The minimum absolute atomic E-state index is 0. The lowest BCUT2D eigenvalue weighted by Crippen LogP contribution is -2.31. The van der Waals surface area contributed by atoms with E-state index < -0.39 is 0 Å². The summed E-state index contributed by atoms with van der Waals surface area (Å²) in [5.74, 6) is 1.42. The molecule has 1 amide bonds. The number of halogens is 1. The predicted octanol–water partition coefficient (Wildman–Crippen LogP) is 5.09. The first kappa shape index (κ1) is 28.5. The van der Waals surface area contributed by atoms with Crippen molar-refractivity contribution in [1.29, 1.82) is 5.41 Å². The van der Waals surface area contributed by atoms with Gasteiger partial charge in [-0.3, -0.25) is 15.0 Å². The Kier molecular flexibility index (Phi) is 9.98. The van der Waals surface area contributed by atoms with Crippen LogP contribution in [0.4, 0.5) is 0 Å². The molecule has 0 aromatic heterocycles. The summed E-state index contributed by atoms with van der Waals surface area (Å²) in [5.41, 5.74) is 8.26. The van der Waals surface area contributed by atoms with E-state index in [-0.39, 0.29) is 54.6 Å². The molecule has 1 heterocycles. The highest BCUT2D eigenvalue weighted by atomic mass is 35.5. The third kappa shape index (κ3) is 7.71. The zero-order valence-corrected chi connectivity index (χ0v) is 22.4. The molecule has 2 aromatic carbocycles. The number of nitrogens with two attached hydrogens (primary N) is 1. The molecule has 200 valence electrons. The van der Waals surface area contributed by atoms with Crippen LogP contribution in [0, 0.1) is 23.2 Å². The number of ether oxygens (including phenoxy) is 2. The van der Waals surface area contributed by atoms with Gasteiger partial charge in [0.2, 0.25) is 5.91 Å². The number of benzene rings is 2. The van der Waals surface area contributed by atoms with Crippen LogP contribution in [0.3, 0.4) is 0 Å². The van der Waals surface area contributed by atoms with Crippen molar-refractivity contribution in [2.75, 3.05) is 6.61 Å². The summed E-state index contributed by atoms with van der Waals surface area (Å²) < 4.78 is 11.6. The minimum atomic E-state index is -0.363. The zero-order chi connectivity index (χ0) is 25.7. The molecule has 0 unspecified atom stereocenters. The molecule has 0 bridgehead atoms. The van der Waals surface area contributed by atoms with Crippen LogP contribution in [0.15, 0.2) is 48.5 Å². The normalized spacial score (nSPS) is 23.2. The Hall–Kier alpha value is -3.06.